The summed E-state index contributed by atoms with van der Waals surface area (Å²) in [4.78, 5) is 4.31. The molecule has 4 nitrogen and oxygen atoms in total. The lowest BCUT2D eigenvalue weighted by Gasteiger charge is -1.99. The first-order valence-corrected chi connectivity index (χ1v) is 5.88. The Hall–Kier alpha value is -2.07. The molecule has 18 heavy (non-hydrogen) atoms. The Morgan fingerprint density at radius 3 is 2.83 bits per heavy atom. The summed E-state index contributed by atoms with van der Waals surface area (Å²) in [5.41, 5.74) is 2.08. The maximum Gasteiger partial charge on any atom is 0.231 e. The summed E-state index contributed by atoms with van der Waals surface area (Å²) in [7, 11) is 0. The Morgan fingerprint density at radius 1 is 1.00 bits per heavy atom. The molecule has 0 amide bonds. The summed E-state index contributed by atoms with van der Waals surface area (Å²) in [6, 6.07) is 11.8. The highest BCUT2D eigenvalue weighted by Crippen LogP contribution is 2.51. The monoisotopic (exact) mass is 241 g/mol. The van der Waals surface area contributed by atoms with Gasteiger partial charge in [-0.2, -0.15) is 0 Å². The van der Waals surface area contributed by atoms with E-state index in [-0.39, 0.29) is 12.2 Å². The van der Waals surface area contributed by atoms with Gasteiger partial charge in [-0.3, -0.25) is 4.98 Å². The van der Waals surface area contributed by atoms with Gasteiger partial charge in [0.05, 0.1) is 5.69 Å². The molecule has 90 valence electrons. The molecule has 2 atom stereocenters. The van der Waals surface area contributed by atoms with E-state index in [4.69, 9.17) is 14.2 Å². The van der Waals surface area contributed by atoms with Crippen LogP contribution in [0.2, 0.25) is 0 Å². The number of nitrogens with zero attached hydrogens (tertiary/aromatic N) is 1. The Morgan fingerprint density at radius 2 is 1.94 bits per heavy atom. The van der Waals surface area contributed by atoms with Crippen LogP contribution in [-0.2, 0) is 4.74 Å². The van der Waals surface area contributed by atoms with Gasteiger partial charge in [0.1, 0.15) is 12.2 Å². The maximum atomic E-state index is 5.69. The smallest absolute Gasteiger partial charge is 0.231 e. The molecule has 1 fully saturated rings. The van der Waals surface area contributed by atoms with Gasteiger partial charge in [-0.1, -0.05) is 12.1 Å². The van der Waals surface area contributed by atoms with Crippen LogP contribution in [0, 0.1) is 0 Å². The van der Waals surface area contributed by atoms with Gasteiger partial charge in [0.15, 0.2) is 11.5 Å². The Balaban J connectivity index is 1.60. The summed E-state index contributed by atoms with van der Waals surface area (Å²) >= 11 is 0. The van der Waals surface area contributed by atoms with Crippen molar-refractivity contribution in [3.05, 3.63) is 53.9 Å². The minimum Gasteiger partial charge on any atom is -0.454 e. The van der Waals surface area contributed by atoms with E-state index in [0.29, 0.717) is 6.79 Å². The van der Waals surface area contributed by atoms with Crippen molar-refractivity contribution in [2.45, 2.75) is 12.2 Å². The fraction of sp³-hybridized carbons (Fsp3) is 0.214. The number of hydrogen-bond donors (Lipinski definition) is 0. The van der Waals surface area contributed by atoms with E-state index >= 15 is 0 Å². The minimum atomic E-state index is 0.0616. The lowest BCUT2D eigenvalue weighted by molar-refractivity contribution is 0.174. The number of rotatable bonds is 2. The summed E-state index contributed by atoms with van der Waals surface area (Å²) in [6.45, 7) is 0.300. The standard InChI is InChI=1S/C14H11NO3/c1-2-6-15-10(3-1)14-13(18-14)9-4-5-11-12(7-9)17-8-16-11/h1-7,13-14H,8H2. The predicted octanol–water partition coefficient (Wildman–Crippen LogP) is 2.62. The summed E-state index contributed by atoms with van der Waals surface area (Å²) in [5, 5.41) is 0. The number of hydrogen-bond acceptors (Lipinski definition) is 4. The van der Waals surface area contributed by atoms with E-state index in [9.17, 15) is 0 Å². The van der Waals surface area contributed by atoms with Crippen LogP contribution in [0.15, 0.2) is 42.6 Å². The molecule has 1 aromatic heterocycles. The number of pyridine rings is 1. The first-order valence-electron chi connectivity index (χ1n) is 5.88. The number of aromatic nitrogens is 1. The molecule has 0 aliphatic carbocycles. The van der Waals surface area contributed by atoms with Gasteiger partial charge in [-0.25, -0.2) is 0 Å². The largest absolute Gasteiger partial charge is 0.454 e. The van der Waals surface area contributed by atoms with Gasteiger partial charge >= 0.3 is 0 Å². The molecule has 4 heteroatoms. The van der Waals surface area contributed by atoms with E-state index in [2.05, 4.69) is 4.98 Å². The molecule has 1 saturated heterocycles. The van der Waals surface area contributed by atoms with Crippen molar-refractivity contribution < 1.29 is 14.2 Å². The first-order chi connectivity index (χ1) is 8.92. The van der Waals surface area contributed by atoms with Gasteiger partial charge in [-0.15, -0.1) is 0 Å². The van der Waals surface area contributed by atoms with Crippen LogP contribution in [-0.4, -0.2) is 11.8 Å². The first kappa shape index (κ1) is 9.91. The molecular weight excluding hydrogens is 230 g/mol. The van der Waals surface area contributed by atoms with Gasteiger partial charge in [0.25, 0.3) is 0 Å². The number of benzene rings is 1. The van der Waals surface area contributed by atoms with E-state index in [1.807, 2.05) is 36.4 Å². The lowest BCUT2D eigenvalue weighted by atomic mass is 10.1. The quantitative estimate of drug-likeness (QED) is 0.758. The second-order valence-corrected chi connectivity index (χ2v) is 4.34. The summed E-state index contributed by atoms with van der Waals surface area (Å²) in [5.74, 6) is 1.59. The molecule has 2 aliphatic rings. The second kappa shape index (κ2) is 3.71. The third-order valence-electron chi connectivity index (χ3n) is 3.20. The second-order valence-electron chi connectivity index (χ2n) is 4.34. The van der Waals surface area contributed by atoms with E-state index in [0.717, 1.165) is 22.8 Å². The summed E-state index contributed by atoms with van der Waals surface area (Å²) < 4.78 is 16.3. The van der Waals surface area contributed by atoms with Crippen LogP contribution in [0.25, 0.3) is 0 Å². The minimum absolute atomic E-state index is 0.0616. The lowest BCUT2D eigenvalue weighted by Crippen LogP contribution is -1.93. The number of ether oxygens (including phenoxy) is 3. The molecule has 3 heterocycles. The van der Waals surface area contributed by atoms with Crippen molar-refractivity contribution in [1.29, 1.82) is 0 Å². The molecule has 0 radical (unpaired) electrons. The van der Waals surface area contributed by atoms with Gasteiger partial charge < -0.3 is 14.2 Å². The zero-order valence-electron chi connectivity index (χ0n) is 9.58. The molecule has 0 spiro atoms. The maximum absolute atomic E-state index is 5.69. The number of fused-ring (bicyclic) bond motifs is 1. The van der Waals surface area contributed by atoms with Crippen LogP contribution in [0.1, 0.15) is 23.5 Å². The Bertz CT molecular complexity index is 585. The van der Waals surface area contributed by atoms with Gasteiger partial charge in [0.2, 0.25) is 6.79 Å². The van der Waals surface area contributed by atoms with Gasteiger partial charge in [0, 0.05) is 6.20 Å². The highest BCUT2D eigenvalue weighted by molar-refractivity contribution is 5.46. The predicted molar refractivity (Wildman–Crippen MR) is 63.4 cm³/mol. The van der Waals surface area contributed by atoms with E-state index in [1.165, 1.54) is 0 Å². The SMILES string of the molecule is c1ccc(C2OC2c2ccc3c(c2)OCO3)nc1. The fourth-order valence-electron chi connectivity index (χ4n) is 2.23. The molecule has 2 unspecified atom stereocenters. The molecular formula is C14H11NO3. The topological polar surface area (TPSA) is 43.9 Å². The third kappa shape index (κ3) is 1.54. The van der Waals surface area contributed by atoms with Crippen LogP contribution in [0.4, 0.5) is 0 Å². The Kier molecular flexibility index (Phi) is 2.04. The third-order valence-corrected chi connectivity index (χ3v) is 3.20. The van der Waals surface area contributed by atoms with Gasteiger partial charge in [-0.05, 0) is 29.8 Å². The average Bonchev–Trinajstić information content (AvgIpc) is 3.10. The fourth-order valence-corrected chi connectivity index (χ4v) is 2.23. The number of epoxide rings is 1. The van der Waals surface area contributed by atoms with Crippen LogP contribution < -0.4 is 9.47 Å². The highest BCUT2D eigenvalue weighted by atomic mass is 16.7. The van der Waals surface area contributed by atoms with E-state index < -0.39 is 0 Å². The van der Waals surface area contributed by atoms with E-state index in [1.54, 1.807) is 6.20 Å². The molecule has 2 aliphatic heterocycles. The van der Waals surface area contributed by atoms with Crippen molar-refractivity contribution in [2.75, 3.05) is 6.79 Å². The van der Waals surface area contributed by atoms with Crippen LogP contribution >= 0.6 is 0 Å². The van der Waals surface area contributed by atoms with Crippen molar-refractivity contribution in [1.82, 2.24) is 4.98 Å². The van der Waals surface area contributed by atoms with Crippen molar-refractivity contribution in [3.8, 4) is 11.5 Å². The van der Waals surface area contributed by atoms with Crippen LogP contribution in [0.3, 0.4) is 0 Å². The average molecular weight is 241 g/mol. The zero-order valence-corrected chi connectivity index (χ0v) is 9.58. The Labute approximate surface area is 104 Å². The van der Waals surface area contributed by atoms with Crippen molar-refractivity contribution in [2.24, 2.45) is 0 Å². The molecule has 1 aromatic carbocycles. The molecule has 0 saturated carbocycles. The molecule has 0 bridgehead atoms. The molecule has 4 rings (SSSR count). The zero-order chi connectivity index (χ0) is 11.9. The molecule has 2 aromatic rings. The summed E-state index contributed by atoms with van der Waals surface area (Å²) in [6.07, 6.45) is 1.93. The highest BCUT2D eigenvalue weighted by Gasteiger charge is 2.42. The normalized spacial score (nSPS) is 24.0. The molecule has 0 N–H and O–H groups in total. The van der Waals surface area contributed by atoms with Crippen molar-refractivity contribution >= 4 is 0 Å². The van der Waals surface area contributed by atoms with Crippen molar-refractivity contribution in [3.63, 3.8) is 0 Å². The van der Waals surface area contributed by atoms with Crippen LogP contribution in [0.5, 0.6) is 11.5 Å².